The van der Waals surface area contributed by atoms with Gasteiger partial charge in [0.15, 0.2) is 0 Å². The highest BCUT2D eigenvalue weighted by Crippen LogP contribution is 2.32. The lowest BCUT2D eigenvalue weighted by atomic mass is 9.78. The van der Waals surface area contributed by atoms with Crippen molar-refractivity contribution < 1.29 is 0 Å². The summed E-state index contributed by atoms with van der Waals surface area (Å²) in [6, 6.07) is 0. The molecule has 0 unspecified atom stereocenters. The van der Waals surface area contributed by atoms with Gasteiger partial charge in [0.25, 0.3) is 0 Å². The first-order valence-electron chi connectivity index (χ1n) is 6.63. The van der Waals surface area contributed by atoms with Crippen LogP contribution < -0.4 is 10.9 Å². The quantitative estimate of drug-likeness (QED) is 0.460. The predicted molar refractivity (Wildman–Crippen MR) is 70.8 cm³/mol. The highest BCUT2D eigenvalue weighted by molar-refractivity contribution is 6.17. The fraction of sp³-hybridized carbons (Fsp3) is 0.714. The predicted octanol–water partition coefficient (Wildman–Crippen LogP) is 2.89. The SMILES string of the molecule is O=c1c(CCCCCl)c(C2CCCCC2)c1=O. The van der Waals surface area contributed by atoms with Crippen LogP contribution in [0.15, 0.2) is 9.59 Å². The zero-order chi connectivity index (χ0) is 12.3. The maximum atomic E-state index is 11.7. The van der Waals surface area contributed by atoms with Crippen LogP contribution in [0.1, 0.15) is 62.0 Å². The van der Waals surface area contributed by atoms with Crippen molar-refractivity contribution in [1.29, 1.82) is 0 Å². The zero-order valence-corrected chi connectivity index (χ0v) is 10.9. The molecule has 0 atom stereocenters. The minimum Gasteiger partial charge on any atom is -0.285 e. The van der Waals surface area contributed by atoms with Gasteiger partial charge in [0.2, 0.25) is 10.9 Å². The van der Waals surface area contributed by atoms with E-state index in [1.54, 1.807) is 0 Å². The van der Waals surface area contributed by atoms with Gasteiger partial charge in [0.1, 0.15) is 0 Å². The molecule has 0 heterocycles. The van der Waals surface area contributed by atoms with Gasteiger partial charge in [-0.05, 0) is 38.0 Å². The lowest BCUT2D eigenvalue weighted by Crippen LogP contribution is -2.41. The van der Waals surface area contributed by atoms with Crippen molar-refractivity contribution in [2.45, 2.75) is 57.3 Å². The van der Waals surface area contributed by atoms with E-state index >= 15 is 0 Å². The lowest BCUT2D eigenvalue weighted by Gasteiger charge is -2.24. The second-order valence-corrected chi connectivity index (χ2v) is 5.41. The van der Waals surface area contributed by atoms with Crippen LogP contribution in [0.4, 0.5) is 0 Å². The van der Waals surface area contributed by atoms with Crippen molar-refractivity contribution in [3.63, 3.8) is 0 Å². The molecule has 1 saturated carbocycles. The Kier molecular flexibility index (Phi) is 4.38. The number of alkyl halides is 1. The Morgan fingerprint density at radius 3 is 2.35 bits per heavy atom. The van der Waals surface area contributed by atoms with Crippen LogP contribution in [0.5, 0.6) is 0 Å². The molecule has 0 N–H and O–H groups in total. The second kappa shape index (κ2) is 5.81. The molecule has 1 aliphatic carbocycles. The number of halogens is 1. The molecule has 0 saturated heterocycles. The second-order valence-electron chi connectivity index (χ2n) is 5.03. The molecule has 0 bridgehead atoms. The summed E-state index contributed by atoms with van der Waals surface area (Å²) in [5.41, 5.74) is 1.29. The van der Waals surface area contributed by atoms with Crippen LogP contribution in [0, 0.1) is 0 Å². The van der Waals surface area contributed by atoms with E-state index < -0.39 is 0 Å². The molecule has 2 nitrogen and oxygen atoms in total. The third kappa shape index (κ3) is 2.62. The zero-order valence-electron chi connectivity index (χ0n) is 10.1. The van der Waals surface area contributed by atoms with E-state index in [4.69, 9.17) is 11.6 Å². The Labute approximate surface area is 107 Å². The average Bonchev–Trinajstić information content (AvgIpc) is 2.38. The van der Waals surface area contributed by atoms with Gasteiger partial charge in [-0.15, -0.1) is 11.6 Å². The molecule has 0 aliphatic heterocycles. The van der Waals surface area contributed by atoms with Crippen molar-refractivity contribution >= 4 is 11.6 Å². The molecular formula is C14H19ClO2. The molecule has 17 heavy (non-hydrogen) atoms. The van der Waals surface area contributed by atoms with Crippen molar-refractivity contribution in [2.24, 2.45) is 0 Å². The third-order valence-corrected chi connectivity index (χ3v) is 4.14. The molecule has 1 fully saturated rings. The summed E-state index contributed by atoms with van der Waals surface area (Å²) in [6.45, 7) is 0. The van der Waals surface area contributed by atoms with Gasteiger partial charge in [0.05, 0.1) is 0 Å². The summed E-state index contributed by atoms with van der Waals surface area (Å²) in [5.74, 6) is 1.01. The van der Waals surface area contributed by atoms with Gasteiger partial charge < -0.3 is 0 Å². The summed E-state index contributed by atoms with van der Waals surface area (Å²) in [6.07, 6.45) is 8.45. The Hall–Kier alpha value is -0.630. The molecular weight excluding hydrogens is 236 g/mol. The first kappa shape index (κ1) is 12.8. The van der Waals surface area contributed by atoms with Gasteiger partial charge in [-0.25, -0.2) is 0 Å². The summed E-state index contributed by atoms with van der Waals surface area (Å²) in [5, 5.41) is 0. The van der Waals surface area contributed by atoms with E-state index in [9.17, 15) is 9.59 Å². The van der Waals surface area contributed by atoms with E-state index in [0.29, 0.717) is 11.8 Å². The minimum absolute atomic E-state index is 0.197. The number of rotatable bonds is 5. The van der Waals surface area contributed by atoms with Gasteiger partial charge in [0, 0.05) is 17.0 Å². The Morgan fingerprint density at radius 2 is 1.71 bits per heavy atom. The topological polar surface area (TPSA) is 34.1 Å². The van der Waals surface area contributed by atoms with Gasteiger partial charge in [-0.1, -0.05) is 19.3 Å². The summed E-state index contributed by atoms with van der Waals surface area (Å²) < 4.78 is 0. The molecule has 0 amide bonds. The first-order chi connectivity index (χ1) is 8.25. The monoisotopic (exact) mass is 254 g/mol. The largest absolute Gasteiger partial charge is 0.285 e. The van der Waals surface area contributed by atoms with Gasteiger partial charge in [-0.2, -0.15) is 0 Å². The standard InChI is InChI=1S/C14H19ClO2/c15-9-5-4-8-11-12(14(17)13(11)16)10-6-2-1-3-7-10/h10H,1-9H2. The molecule has 1 aromatic rings. The van der Waals surface area contributed by atoms with Gasteiger partial charge in [-0.3, -0.25) is 9.59 Å². The average molecular weight is 255 g/mol. The number of hydrogen-bond donors (Lipinski definition) is 0. The van der Waals surface area contributed by atoms with E-state index in [1.165, 1.54) is 19.3 Å². The third-order valence-electron chi connectivity index (χ3n) is 3.87. The van der Waals surface area contributed by atoms with Crippen LogP contribution in [0.25, 0.3) is 0 Å². The van der Waals surface area contributed by atoms with Crippen molar-refractivity contribution in [1.82, 2.24) is 0 Å². The molecule has 1 aliphatic rings. The summed E-state index contributed by atoms with van der Waals surface area (Å²) in [4.78, 5) is 23.2. The maximum absolute atomic E-state index is 11.7. The maximum Gasteiger partial charge on any atom is 0.229 e. The Bertz CT molecular complexity index is 437. The molecule has 0 aromatic heterocycles. The van der Waals surface area contributed by atoms with Crippen molar-refractivity contribution in [3.05, 3.63) is 31.6 Å². The van der Waals surface area contributed by atoms with Gasteiger partial charge >= 0.3 is 0 Å². The smallest absolute Gasteiger partial charge is 0.229 e. The van der Waals surface area contributed by atoms with Crippen LogP contribution in [-0.2, 0) is 6.42 Å². The molecule has 2 rings (SSSR count). The fourth-order valence-corrected chi connectivity index (χ4v) is 3.11. The van der Waals surface area contributed by atoms with Crippen LogP contribution in [-0.4, -0.2) is 5.88 Å². The summed E-state index contributed by atoms with van der Waals surface area (Å²) in [7, 11) is 0. The number of unbranched alkanes of at least 4 members (excludes halogenated alkanes) is 1. The highest BCUT2D eigenvalue weighted by atomic mass is 35.5. The highest BCUT2D eigenvalue weighted by Gasteiger charge is 2.27. The lowest BCUT2D eigenvalue weighted by molar-refractivity contribution is 0.436. The van der Waals surface area contributed by atoms with E-state index in [2.05, 4.69) is 0 Å². The Balaban J connectivity index is 2.08. The molecule has 1 aromatic carbocycles. The number of hydrogen-bond acceptors (Lipinski definition) is 2. The molecule has 3 heteroatoms. The molecule has 0 spiro atoms. The van der Waals surface area contributed by atoms with E-state index in [-0.39, 0.29) is 10.9 Å². The van der Waals surface area contributed by atoms with Crippen molar-refractivity contribution in [2.75, 3.05) is 5.88 Å². The van der Waals surface area contributed by atoms with Crippen LogP contribution in [0.3, 0.4) is 0 Å². The van der Waals surface area contributed by atoms with Crippen molar-refractivity contribution in [3.8, 4) is 0 Å². The Morgan fingerprint density at radius 1 is 1.00 bits per heavy atom. The van der Waals surface area contributed by atoms with Crippen LogP contribution in [0.2, 0.25) is 0 Å². The van der Waals surface area contributed by atoms with Crippen LogP contribution >= 0.6 is 11.6 Å². The first-order valence-corrected chi connectivity index (χ1v) is 7.17. The summed E-state index contributed by atoms with van der Waals surface area (Å²) >= 11 is 5.63. The normalized spacial score (nSPS) is 17.7. The minimum atomic E-state index is -0.222. The molecule has 0 radical (unpaired) electrons. The fourth-order valence-electron chi connectivity index (χ4n) is 2.92. The van der Waals surface area contributed by atoms with E-state index in [0.717, 1.165) is 43.2 Å². The molecule has 94 valence electrons. The van der Waals surface area contributed by atoms with E-state index in [1.807, 2.05) is 0 Å².